The number of carboxylic acids is 1. The van der Waals surface area contributed by atoms with Crippen molar-refractivity contribution < 1.29 is 29.3 Å². The van der Waals surface area contributed by atoms with E-state index in [1.165, 1.54) is 0 Å². The maximum absolute atomic E-state index is 12.4. The van der Waals surface area contributed by atoms with Crippen LogP contribution in [0.15, 0.2) is 48.5 Å². The molecule has 2 atom stereocenters. The van der Waals surface area contributed by atoms with E-state index < -0.39 is 29.9 Å². The Hall–Kier alpha value is -2.98. The van der Waals surface area contributed by atoms with Crippen molar-refractivity contribution in [3.63, 3.8) is 0 Å². The van der Waals surface area contributed by atoms with Gasteiger partial charge in [-0.2, -0.15) is 0 Å². The molecular formula is C23H26ClN3O6. The molecular weight excluding hydrogens is 450 g/mol. The molecule has 2 amide bonds. The lowest BCUT2D eigenvalue weighted by atomic mass is 9.98. The number of rotatable bonds is 8. The number of benzene rings is 2. The van der Waals surface area contributed by atoms with E-state index in [-0.39, 0.29) is 12.8 Å². The number of nitrogens with zero attached hydrogens (tertiary/aromatic N) is 1. The van der Waals surface area contributed by atoms with Crippen molar-refractivity contribution in [3.8, 4) is 11.1 Å². The lowest BCUT2D eigenvalue weighted by Gasteiger charge is -2.27. The Balaban J connectivity index is 1.66. The molecule has 2 aromatic carbocycles. The van der Waals surface area contributed by atoms with Gasteiger partial charge >= 0.3 is 17.8 Å². The lowest BCUT2D eigenvalue weighted by molar-refractivity contribution is -0.148. The minimum absolute atomic E-state index is 0.233. The SMILES string of the molecule is O=C(N[C@H](Cc1ccc(-c2cccc(Cl)c2)cc1)C[C@@H](O)C(=O)O)C(=O)NN1CCOCC1. The van der Waals surface area contributed by atoms with Crippen LogP contribution in [-0.2, 0) is 25.5 Å². The first kappa shape index (κ1) is 24.7. The second-order valence-electron chi connectivity index (χ2n) is 7.71. The molecule has 0 saturated carbocycles. The van der Waals surface area contributed by atoms with Crippen LogP contribution >= 0.6 is 11.6 Å². The number of hydrogen-bond donors (Lipinski definition) is 4. The third kappa shape index (κ3) is 7.54. The van der Waals surface area contributed by atoms with Gasteiger partial charge in [-0.05, 0) is 35.2 Å². The molecule has 176 valence electrons. The Morgan fingerprint density at radius 2 is 1.73 bits per heavy atom. The summed E-state index contributed by atoms with van der Waals surface area (Å²) in [4.78, 5) is 35.8. The smallest absolute Gasteiger partial charge is 0.332 e. The maximum Gasteiger partial charge on any atom is 0.332 e. The summed E-state index contributed by atoms with van der Waals surface area (Å²) in [5.74, 6) is -3.16. The number of halogens is 1. The van der Waals surface area contributed by atoms with Crippen LogP contribution < -0.4 is 10.7 Å². The van der Waals surface area contributed by atoms with E-state index in [1.807, 2.05) is 42.5 Å². The number of aliphatic hydroxyl groups excluding tert-OH is 1. The molecule has 10 heteroatoms. The Morgan fingerprint density at radius 1 is 1.03 bits per heavy atom. The summed E-state index contributed by atoms with van der Waals surface area (Å²) in [6.45, 7) is 1.80. The molecule has 1 aliphatic rings. The number of amides is 2. The summed E-state index contributed by atoms with van der Waals surface area (Å²) in [5.41, 5.74) is 5.20. The molecule has 0 radical (unpaired) electrons. The average molecular weight is 476 g/mol. The summed E-state index contributed by atoms with van der Waals surface area (Å²) in [6.07, 6.45) is -1.69. The summed E-state index contributed by atoms with van der Waals surface area (Å²) >= 11 is 6.05. The molecule has 0 unspecified atom stereocenters. The van der Waals surface area contributed by atoms with Gasteiger partial charge in [0.25, 0.3) is 0 Å². The molecule has 1 aliphatic heterocycles. The van der Waals surface area contributed by atoms with Crippen LogP contribution in [0.3, 0.4) is 0 Å². The van der Waals surface area contributed by atoms with E-state index in [4.69, 9.17) is 21.4 Å². The van der Waals surface area contributed by atoms with Gasteiger partial charge in [0.1, 0.15) is 0 Å². The van der Waals surface area contributed by atoms with Gasteiger partial charge < -0.3 is 20.3 Å². The summed E-state index contributed by atoms with van der Waals surface area (Å²) in [7, 11) is 0. The molecule has 4 N–H and O–H groups in total. The number of carbonyl (C=O) groups is 3. The van der Waals surface area contributed by atoms with Gasteiger partial charge in [0.15, 0.2) is 6.10 Å². The van der Waals surface area contributed by atoms with E-state index in [0.29, 0.717) is 31.3 Å². The van der Waals surface area contributed by atoms with E-state index in [1.54, 1.807) is 11.1 Å². The number of hydrogen-bond acceptors (Lipinski definition) is 6. The number of nitrogens with one attached hydrogen (secondary N) is 2. The third-order valence-electron chi connectivity index (χ3n) is 5.20. The molecule has 0 spiro atoms. The zero-order chi connectivity index (χ0) is 23.8. The second kappa shape index (κ2) is 11.8. The van der Waals surface area contributed by atoms with E-state index in [2.05, 4.69) is 10.7 Å². The summed E-state index contributed by atoms with van der Waals surface area (Å²) in [5, 5.41) is 23.6. The zero-order valence-electron chi connectivity index (χ0n) is 17.9. The van der Waals surface area contributed by atoms with Crippen molar-refractivity contribution in [1.82, 2.24) is 15.8 Å². The molecule has 0 aromatic heterocycles. The van der Waals surface area contributed by atoms with Gasteiger partial charge in [-0.25, -0.2) is 9.80 Å². The molecule has 1 saturated heterocycles. The minimum atomic E-state index is -1.68. The van der Waals surface area contributed by atoms with E-state index in [0.717, 1.165) is 16.7 Å². The van der Waals surface area contributed by atoms with Crippen LogP contribution in [0.2, 0.25) is 5.02 Å². The molecule has 0 bridgehead atoms. The fraction of sp³-hybridized carbons (Fsp3) is 0.348. The van der Waals surface area contributed by atoms with Crippen molar-refractivity contribution in [2.24, 2.45) is 0 Å². The zero-order valence-corrected chi connectivity index (χ0v) is 18.6. The van der Waals surface area contributed by atoms with Gasteiger partial charge in [0, 0.05) is 30.6 Å². The number of carboxylic acid groups (broad SMARTS) is 1. The normalized spacial score (nSPS) is 15.9. The summed E-state index contributed by atoms with van der Waals surface area (Å²) < 4.78 is 5.20. The second-order valence-corrected chi connectivity index (χ2v) is 8.15. The van der Waals surface area contributed by atoms with Crippen LogP contribution in [0.4, 0.5) is 0 Å². The van der Waals surface area contributed by atoms with Crippen molar-refractivity contribution in [2.75, 3.05) is 26.3 Å². The van der Waals surface area contributed by atoms with E-state index >= 15 is 0 Å². The fourth-order valence-corrected chi connectivity index (χ4v) is 3.66. The average Bonchev–Trinajstić information content (AvgIpc) is 2.80. The topological polar surface area (TPSA) is 128 Å². The van der Waals surface area contributed by atoms with Gasteiger partial charge in [-0.15, -0.1) is 0 Å². The number of aliphatic carboxylic acids is 1. The molecule has 33 heavy (non-hydrogen) atoms. The Labute approximate surface area is 196 Å². The molecule has 9 nitrogen and oxygen atoms in total. The standard InChI is InChI=1S/C23H26ClN3O6/c24-18-3-1-2-17(13-18)16-6-4-15(5-7-16)12-19(14-20(28)23(31)32)25-21(29)22(30)26-27-8-10-33-11-9-27/h1-7,13,19-20,28H,8-12,14H2,(H,25,29)(H,26,30)(H,31,32)/t19-,20-/m1/s1. The first-order valence-corrected chi connectivity index (χ1v) is 10.9. The number of ether oxygens (including phenoxy) is 1. The van der Waals surface area contributed by atoms with Crippen molar-refractivity contribution in [3.05, 3.63) is 59.1 Å². The molecule has 1 fully saturated rings. The first-order valence-electron chi connectivity index (χ1n) is 10.5. The highest BCUT2D eigenvalue weighted by Gasteiger charge is 2.25. The third-order valence-corrected chi connectivity index (χ3v) is 5.43. The van der Waals surface area contributed by atoms with Crippen LogP contribution in [0.1, 0.15) is 12.0 Å². The molecule has 2 aromatic rings. The Morgan fingerprint density at radius 3 is 2.36 bits per heavy atom. The highest BCUT2D eigenvalue weighted by molar-refractivity contribution is 6.35. The van der Waals surface area contributed by atoms with E-state index in [9.17, 15) is 19.5 Å². The highest BCUT2D eigenvalue weighted by atomic mass is 35.5. The van der Waals surface area contributed by atoms with Gasteiger partial charge in [-0.1, -0.05) is 48.0 Å². The number of hydrazine groups is 1. The highest BCUT2D eigenvalue weighted by Crippen LogP contribution is 2.23. The first-order chi connectivity index (χ1) is 15.8. The van der Waals surface area contributed by atoms with Crippen molar-refractivity contribution in [2.45, 2.75) is 25.0 Å². The summed E-state index contributed by atoms with van der Waals surface area (Å²) in [6, 6.07) is 14.1. The minimum Gasteiger partial charge on any atom is -0.479 e. The van der Waals surface area contributed by atoms with Crippen molar-refractivity contribution >= 4 is 29.4 Å². The monoisotopic (exact) mass is 475 g/mol. The quantitative estimate of drug-likeness (QED) is 0.423. The molecule has 1 heterocycles. The predicted molar refractivity (Wildman–Crippen MR) is 121 cm³/mol. The van der Waals surface area contributed by atoms with Crippen LogP contribution in [0.5, 0.6) is 0 Å². The number of aliphatic hydroxyl groups is 1. The van der Waals surface area contributed by atoms with Crippen LogP contribution in [0, 0.1) is 0 Å². The van der Waals surface area contributed by atoms with Crippen molar-refractivity contribution in [1.29, 1.82) is 0 Å². The number of morpholine rings is 1. The fourth-order valence-electron chi connectivity index (χ4n) is 3.47. The Kier molecular flexibility index (Phi) is 8.79. The van der Waals surface area contributed by atoms with Crippen LogP contribution in [0.25, 0.3) is 11.1 Å². The van der Waals surface area contributed by atoms with Gasteiger partial charge in [0.2, 0.25) is 0 Å². The lowest BCUT2D eigenvalue weighted by Crippen LogP contribution is -2.54. The largest absolute Gasteiger partial charge is 0.479 e. The molecule has 3 rings (SSSR count). The van der Waals surface area contributed by atoms with Crippen LogP contribution in [-0.4, -0.2) is 71.5 Å². The number of carbonyl (C=O) groups excluding carboxylic acids is 2. The van der Waals surface area contributed by atoms with Gasteiger partial charge in [0.05, 0.1) is 13.2 Å². The van der Waals surface area contributed by atoms with Gasteiger partial charge in [-0.3, -0.25) is 15.0 Å². The maximum atomic E-state index is 12.4. The Bertz CT molecular complexity index is 978. The predicted octanol–water partition coefficient (Wildman–Crippen LogP) is 1.23. The molecule has 0 aliphatic carbocycles.